The van der Waals surface area contributed by atoms with Gasteiger partial charge in [-0.2, -0.15) is 0 Å². The standard InChI is InChI=1S/C15H24FN3O2/c1-14(2,18(4)5)7-6-12(20)19-10-8-15(16,9-11-19)13(21)17-3/h8-11H2,1-5H3,(H,17,21). The second-order valence-corrected chi connectivity index (χ2v) is 6.04. The molecule has 0 radical (unpaired) electrons. The molecule has 0 atom stereocenters. The average molecular weight is 297 g/mol. The number of nitrogens with zero attached hydrogens (tertiary/aromatic N) is 2. The third kappa shape index (κ3) is 4.18. The van der Waals surface area contributed by atoms with Crippen LogP contribution < -0.4 is 5.32 Å². The Morgan fingerprint density at radius 3 is 2.24 bits per heavy atom. The van der Waals surface area contributed by atoms with Gasteiger partial charge in [0.25, 0.3) is 11.8 Å². The van der Waals surface area contributed by atoms with Crippen LogP contribution in [-0.4, -0.2) is 67.1 Å². The van der Waals surface area contributed by atoms with Crippen LogP contribution in [-0.2, 0) is 9.59 Å². The van der Waals surface area contributed by atoms with Crippen LogP contribution in [0.3, 0.4) is 0 Å². The van der Waals surface area contributed by atoms with Crippen molar-refractivity contribution in [1.29, 1.82) is 0 Å². The minimum Gasteiger partial charge on any atom is -0.356 e. The molecular weight excluding hydrogens is 273 g/mol. The second-order valence-electron chi connectivity index (χ2n) is 6.04. The van der Waals surface area contributed by atoms with Crippen molar-refractivity contribution in [3.8, 4) is 11.8 Å². The highest BCUT2D eigenvalue weighted by Gasteiger charge is 2.41. The zero-order valence-electron chi connectivity index (χ0n) is 13.4. The fourth-order valence-electron chi connectivity index (χ4n) is 1.91. The first kappa shape index (κ1) is 17.4. The highest BCUT2D eigenvalue weighted by atomic mass is 19.1. The smallest absolute Gasteiger partial charge is 0.298 e. The minimum atomic E-state index is -1.87. The Labute approximate surface area is 125 Å². The van der Waals surface area contributed by atoms with Crippen molar-refractivity contribution in [2.75, 3.05) is 34.2 Å². The quantitative estimate of drug-likeness (QED) is 0.751. The lowest BCUT2D eigenvalue weighted by atomic mass is 9.92. The molecule has 1 saturated heterocycles. The number of alkyl halides is 1. The van der Waals surface area contributed by atoms with E-state index in [-0.39, 0.29) is 31.8 Å². The first-order valence-electron chi connectivity index (χ1n) is 7.03. The molecule has 0 bridgehead atoms. The van der Waals surface area contributed by atoms with Crippen LogP contribution in [0.5, 0.6) is 0 Å². The van der Waals surface area contributed by atoms with Gasteiger partial charge in [0.1, 0.15) is 0 Å². The molecule has 0 aromatic rings. The van der Waals surface area contributed by atoms with Crippen LogP contribution in [0.15, 0.2) is 0 Å². The summed E-state index contributed by atoms with van der Waals surface area (Å²) in [6.07, 6.45) is 0.0222. The van der Waals surface area contributed by atoms with Gasteiger partial charge in [-0.05, 0) is 33.9 Å². The summed E-state index contributed by atoms with van der Waals surface area (Å²) in [5.74, 6) is 4.61. The summed E-state index contributed by atoms with van der Waals surface area (Å²) in [7, 11) is 5.19. The number of halogens is 1. The van der Waals surface area contributed by atoms with Gasteiger partial charge in [0, 0.05) is 33.0 Å². The van der Waals surface area contributed by atoms with Crippen LogP contribution in [0.1, 0.15) is 26.7 Å². The SMILES string of the molecule is CNC(=O)C1(F)CCN(C(=O)C#CC(C)(C)N(C)C)CC1. The Morgan fingerprint density at radius 1 is 1.29 bits per heavy atom. The van der Waals surface area contributed by atoms with E-state index in [0.717, 1.165) is 0 Å². The highest BCUT2D eigenvalue weighted by molar-refractivity contribution is 5.94. The van der Waals surface area contributed by atoms with Gasteiger partial charge < -0.3 is 10.2 Å². The van der Waals surface area contributed by atoms with E-state index in [9.17, 15) is 14.0 Å². The van der Waals surface area contributed by atoms with Crippen LogP contribution in [0.2, 0.25) is 0 Å². The lowest BCUT2D eigenvalue weighted by molar-refractivity contribution is -0.139. The fraction of sp³-hybridized carbons (Fsp3) is 0.733. The fourth-order valence-corrected chi connectivity index (χ4v) is 1.91. The molecule has 21 heavy (non-hydrogen) atoms. The lowest BCUT2D eigenvalue weighted by Crippen LogP contribution is -2.51. The van der Waals surface area contributed by atoms with Gasteiger partial charge in [0.2, 0.25) is 0 Å². The predicted molar refractivity (Wildman–Crippen MR) is 79.3 cm³/mol. The summed E-state index contributed by atoms with van der Waals surface area (Å²) in [4.78, 5) is 26.9. The summed E-state index contributed by atoms with van der Waals surface area (Å²) >= 11 is 0. The molecule has 1 heterocycles. The third-order valence-electron chi connectivity index (χ3n) is 4.07. The first-order chi connectivity index (χ1) is 9.62. The van der Waals surface area contributed by atoms with E-state index in [0.29, 0.717) is 0 Å². The molecule has 0 spiro atoms. The van der Waals surface area contributed by atoms with E-state index >= 15 is 0 Å². The largest absolute Gasteiger partial charge is 0.356 e. The number of piperidine rings is 1. The molecule has 5 nitrogen and oxygen atoms in total. The number of rotatable bonds is 2. The normalized spacial score (nSPS) is 18.0. The van der Waals surface area contributed by atoms with Crippen LogP contribution >= 0.6 is 0 Å². The van der Waals surface area contributed by atoms with E-state index < -0.39 is 17.1 Å². The molecule has 6 heteroatoms. The maximum absolute atomic E-state index is 14.3. The van der Waals surface area contributed by atoms with E-state index in [2.05, 4.69) is 17.2 Å². The van der Waals surface area contributed by atoms with Gasteiger partial charge in [-0.1, -0.05) is 5.92 Å². The predicted octanol–water partition coefficient (Wildman–Crippen LogP) is 0.407. The molecule has 0 aromatic carbocycles. The lowest BCUT2D eigenvalue weighted by Gasteiger charge is -2.34. The number of amides is 2. The van der Waals surface area contributed by atoms with Crippen molar-refractivity contribution in [2.45, 2.75) is 37.9 Å². The van der Waals surface area contributed by atoms with Crippen LogP contribution in [0.25, 0.3) is 0 Å². The van der Waals surface area contributed by atoms with E-state index in [1.54, 1.807) is 0 Å². The summed E-state index contributed by atoms with van der Waals surface area (Å²) in [6.45, 7) is 4.25. The Bertz CT molecular complexity index is 469. The topological polar surface area (TPSA) is 52.7 Å². The Kier molecular flexibility index (Phi) is 5.35. The molecule has 0 aromatic heterocycles. The number of hydrogen-bond acceptors (Lipinski definition) is 3. The second kappa shape index (κ2) is 6.44. The van der Waals surface area contributed by atoms with E-state index in [1.807, 2.05) is 32.8 Å². The Hall–Kier alpha value is -1.61. The summed E-state index contributed by atoms with van der Waals surface area (Å²) in [5.41, 5.74) is -2.28. The molecule has 1 fully saturated rings. The summed E-state index contributed by atoms with van der Waals surface area (Å²) in [5, 5.41) is 2.33. The molecule has 1 aliphatic rings. The molecule has 0 aliphatic carbocycles. The van der Waals surface area contributed by atoms with Crippen molar-refractivity contribution in [1.82, 2.24) is 15.1 Å². The minimum absolute atomic E-state index is 0.0111. The molecular formula is C15H24FN3O2. The number of carbonyl (C=O) groups is 2. The highest BCUT2D eigenvalue weighted by Crippen LogP contribution is 2.26. The van der Waals surface area contributed by atoms with E-state index in [1.165, 1.54) is 11.9 Å². The molecule has 118 valence electrons. The van der Waals surface area contributed by atoms with Gasteiger partial charge in [-0.15, -0.1) is 0 Å². The van der Waals surface area contributed by atoms with Crippen molar-refractivity contribution in [2.24, 2.45) is 0 Å². The van der Waals surface area contributed by atoms with Gasteiger partial charge in [-0.25, -0.2) is 4.39 Å². The molecule has 1 aliphatic heterocycles. The monoisotopic (exact) mass is 297 g/mol. The van der Waals surface area contributed by atoms with Crippen molar-refractivity contribution in [3.63, 3.8) is 0 Å². The van der Waals surface area contributed by atoms with Crippen molar-refractivity contribution in [3.05, 3.63) is 0 Å². The van der Waals surface area contributed by atoms with Crippen molar-refractivity contribution >= 4 is 11.8 Å². The van der Waals surface area contributed by atoms with Crippen LogP contribution in [0, 0.1) is 11.8 Å². The maximum atomic E-state index is 14.3. The molecule has 1 N–H and O–H groups in total. The molecule has 1 rings (SSSR count). The van der Waals surface area contributed by atoms with Crippen molar-refractivity contribution < 1.29 is 14.0 Å². The molecule has 0 unspecified atom stereocenters. The Balaban J connectivity index is 2.65. The average Bonchev–Trinajstić information content (AvgIpc) is 2.44. The van der Waals surface area contributed by atoms with Crippen LogP contribution in [0.4, 0.5) is 4.39 Å². The third-order valence-corrected chi connectivity index (χ3v) is 4.07. The van der Waals surface area contributed by atoms with Gasteiger partial charge in [0.15, 0.2) is 5.67 Å². The Morgan fingerprint density at radius 2 is 1.81 bits per heavy atom. The maximum Gasteiger partial charge on any atom is 0.298 e. The number of nitrogens with one attached hydrogen (secondary N) is 1. The number of carbonyl (C=O) groups excluding carboxylic acids is 2. The van der Waals surface area contributed by atoms with Gasteiger partial charge >= 0.3 is 0 Å². The zero-order chi connectivity index (χ0) is 16.3. The zero-order valence-corrected chi connectivity index (χ0v) is 13.4. The molecule has 2 amide bonds. The number of hydrogen-bond donors (Lipinski definition) is 1. The summed E-state index contributed by atoms with van der Waals surface area (Å²) < 4.78 is 14.3. The van der Waals surface area contributed by atoms with Gasteiger partial charge in [0.05, 0.1) is 5.54 Å². The summed E-state index contributed by atoms with van der Waals surface area (Å²) in [6, 6.07) is 0. The molecule has 0 saturated carbocycles. The van der Waals surface area contributed by atoms with E-state index in [4.69, 9.17) is 0 Å². The first-order valence-corrected chi connectivity index (χ1v) is 7.03. The number of likely N-dealkylation sites (tertiary alicyclic amines) is 1. The van der Waals surface area contributed by atoms with Gasteiger partial charge in [-0.3, -0.25) is 14.5 Å².